The molecule has 1 fully saturated rings. The third-order valence-electron chi connectivity index (χ3n) is 3.59. The van der Waals surface area contributed by atoms with Crippen molar-refractivity contribution in [3.63, 3.8) is 0 Å². The van der Waals surface area contributed by atoms with Crippen molar-refractivity contribution in [2.45, 2.75) is 38.6 Å². The topological polar surface area (TPSA) is 3.24 Å². The molecular weight excluding hydrogens is 158 g/mol. The maximum atomic E-state index is 3.79. The van der Waals surface area contributed by atoms with Gasteiger partial charge in [0, 0.05) is 6.04 Å². The quantitative estimate of drug-likeness (QED) is 0.603. The van der Waals surface area contributed by atoms with E-state index < -0.39 is 0 Å². The highest BCUT2D eigenvalue weighted by Crippen LogP contribution is 2.36. The summed E-state index contributed by atoms with van der Waals surface area (Å²) in [6, 6.07) is 0.815. The Morgan fingerprint density at radius 1 is 1.38 bits per heavy atom. The molecule has 0 aromatic heterocycles. The molecule has 76 valence electrons. The van der Waals surface area contributed by atoms with Crippen molar-refractivity contribution < 1.29 is 0 Å². The average Bonchev–Trinajstić information content (AvgIpc) is 2.43. The summed E-state index contributed by atoms with van der Waals surface area (Å²) >= 11 is 0. The Balaban J connectivity index is 2.40. The van der Waals surface area contributed by atoms with Crippen LogP contribution >= 0.6 is 0 Å². The van der Waals surface area contributed by atoms with E-state index in [4.69, 9.17) is 0 Å². The van der Waals surface area contributed by atoms with E-state index in [1.807, 2.05) is 0 Å². The van der Waals surface area contributed by atoms with E-state index in [0.717, 1.165) is 17.9 Å². The Kier molecular flexibility index (Phi) is 3.98. The van der Waals surface area contributed by atoms with Gasteiger partial charge in [0.25, 0.3) is 0 Å². The predicted octanol–water partition coefficient (Wildman–Crippen LogP) is 2.93. The lowest BCUT2D eigenvalue weighted by Gasteiger charge is -2.26. The van der Waals surface area contributed by atoms with Gasteiger partial charge in [0.05, 0.1) is 0 Å². The lowest BCUT2D eigenvalue weighted by atomic mass is 9.91. The Morgan fingerprint density at radius 3 is 2.54 bits per heavy atom. The molecule has 1 heteroatoms. The molecular formula is C12H23N. The molecule has 0 spiro atoms. The first-order valence-corrected chi connectivity index (χ1v) is 5.44. The van der Waals surface area contributed by atoms with Crippen molar-refractivity contribution in [3.05, 3.63) is 12.7 Å². The Bertz CT molecular complexity index is 163. The SMILES string of the molecule is C=CCCC1CC[C@H](N(C)C)C1C. The molecule has 0 saturated heterocycles. The molecule has 0 N–H and O–H groups in total. The van der Waals surface area contributed by atoms with Gasteiger partial charge >= 0.3 is 0 Å². The molecule has 1 aliphatic carbocycles. The zero-order valence-corrected chi connectivity index (χ0v) is 9.29. The highest BCUT2D eigenvalue weighted by atomic mass is 15.1. The van der Waals surface area contributed by atoms with Gasteiger partial charge in [-0.3, -0.25) is 0 Å². The summed E-state index contributed by atoms with van der Waals surface area (Å²) in [5, 5.41) is 0. The largest absolute Gasteiger partial charge is 0.306 e. The Morgan fingerprint density at radius 2 is 2.08 bits per heavy atom. The second kappa shape index (κ2) is 4.80. The second-order valence-corrected chi connectivity index (χ2v) is 4.59. The van der Waals surface area contributed by atoms with Gasteiger partial charge < -0.3 is 4.90 Å². The summed E-state index contributed by atoms with van der Waals surface area (Å²) in [5.74, 6) is 1.81. The van der Waals surface area contributed by atoms with Gasteiger partial charge in [0.15, 0.2) is 0 Å². The number of rotatable bonds is 4. The first kappa shape index (κ1) is 10.8. The Hall–Kier alpha value is -0.300. The highest BCUT2D eigenvalue weighted by molar-refractivity contribution is 4.87. The first-order valence-electron chi connectivity index (χ1n) is 5.44. The van der Waals surface area contributed by atoms with Gasteiger partial charge in [0.2, 0.25) is 0 Å². The highest BCUT2D eigenvalue weighted by Gasteiger charge is 2.32. The van der Waals surface area contributed by atoms with Crippen LogP contribution in [-0.4, -0.2) is 25.0 Å². The van der Waals surface area contributed by atoms with Crippen molar-refractivity contribution in [2.24, 2.45) is 11.8 Å². The molecule has 2 unspecified atom stereocenters. The Labute approximate surface area is 82.8 Å². The van der Waals surface area contributed by atoms with E-state index in [9.17, 15) is 0 Å². The van der Waals surface area contributed by atoms with Gasteiger partial charge in [-0.1, -0.05) is 13.0 Å². The van der Waals surface area contributed by atoms with E-state index in [0.29, 0.717) is 0 Å². The van der Waals surface area contributed by atoms with Gasteiger partial charge in [-0.2, -0.15) is 0 Å². The number of hydrogen-bond donors (Lipinski definition) is 0. The standard InChI is InChI=1S/C12H23N/c1-5-6-7-11-8-9-12(10(11)2)13(3)4/h5,10-12H,1,6-9H2,2-4H3/t10?,11?,12-/m0/s1. The van der Waals surface area contributed by atoms with Crippen LogP contribution < -0.4 is 0 Å². The maximum absolute atomic E-state index is 3.79. The fraction of sp³-hybridized carbons (Fsp3) is 0.833. The number of hydrogen-bond acceptors (Lipinski definition) is 1. The van der Waals surface area contributed by atoms with Crippen molar-refractivity contribution in [1.29, 1.82) is 0 Å². The van der Waals surface area contributed by atoms with Crippen molar-refractivity contribution in [3.8, 4) is 0 Å². The molecule has 3 atom stereocenters. The van der Waals surface area contributed by atoms with Crippen LogP contribution in [-0.2, 0) is 0 Å². The van der Waals surface area contributed by atoms with Crippen LogP contribution in [0.4, 0.5) is 0 Å². The molecule has 13 heavy (non-hydrogen) atoms. The monoisotopic (exact) mass is 181 g/mol. The summed E-state index contributed by atoms with van der Waals surface area (Å²) in [7, 11) is 4.41. The smallest absolute Gasteiger partial charge is 0.0117 e. The molecule has 1 rings (SSSR count). The van der Waals surface area contributed by atoms with Crippen LogP contribution in [0.25, 0.3) is 0 Å². The van der Waals surface area contributed by atoms with E-state index in [-0.39, 0.29) is 0 Å². The number of nitrogens with zero attached hydrogens (tertiary/aromatic N) is 1. The summed E-state index contributed by atoms with van der Waals surface area (Å²) in [4.78, 5) is 2.39. The third kappa shape index (κ3) is 2.57. The fourth-order valence-corrected chi connectivity index (χ4v) is 2.69. The van der Waals surface area contributed by atoms with Crippen LogP contribution in [0.3, 0.4) is 0 Å². The van der Waals surface area contributed by atoms with E-state index >= 15 is 0 Å². The molecule has 0 amide bonds. The molecule has 1 nitrogen and oxygen atoms in total. The summed E-state index contributed by atoms with van der Waals surface area (Å²) in [6.07, 6.45) is 7.38. The molecule has 0 bridgehead atoms. The van der Waals surface area contributed by atoms with Gasteiger partial charge in [-0.15, -0.1) is 6.58 Å². The molecule has 0 aromatic rings. The minimum absolute atomic E-state index is 0.815. The summed E-state index contributed by atoms with van der Waals surface area (Å²) < 4.78 is 0. The van der Waals surface area contributed by atoms with Gasteiger partial charge in [-0.25, -0.2) is 0 Å². The zero-order valence-electron chi connectivity index (χ0n) is 9.29. The van der Waals surface area contributed by atoms with Crippen LogP contribution in [0.1, 0.15) is 32.6 Å². The lowest BCUT2D eigenvalue weighted by Crippen LogP contribution is -2.31. The summed E-state index contributed by atoms with van der Waals surface area (Å²) in [5.41, 5.74) is 0. The van der Waals surface area contributed by atoms with Crippen LogP contribution in [0, 0.1) is 11.8 Å². The lowest BCUT2D eigenvalue weighted by molar-refractivity contribution is 0.222. The minimum Gasteiger partial charge on any atom is -0.306 e. The molecule has 0 aromatic carbocycles. The molecule has 1 saturated carbocycles. The van der Waals surface area contributed by atoms with E-state index in [2.05, 4.69) is 38.6 Å². The fourth-order valence-electron chi connectivity index (χ4n) is 2.69. The van der Waals surface area contributed by atoms with Crippen LogP contribution in [0.5, 0.6) is 0 Å². The molecule has 0 aliphatic heterocycles. The van der Waals surface area contributed by atoms with Crippen molar-refractivity contribution >= 4 is 0 Å². The molecule has 0 radical (unpaired) electrons. The average molecular weight is 181 g/mol. The zero-order chi connectivity index (χ0) is 9.84. The maximum Gasteiger partial charge on any atom is 0.0117 e. The second-order valence-electron chi connectivity index (χ2n) is 4.59. The van der Waals surface area contributed by atoms with Crippen LogP contribution in [0.2, 0.25) is 0 Å². The van der Waals surface area contributed by atoms with E-state index in [1.54, 1.807) is 0 Å². The first-order chi connectivity index (χ1) is 6.16. The third-order valence-corrected chi connectivity index (χ3v) is 3.59. The van der Waals surface area contributed by atoms with Gasteiger partial charge in [-0.05, 0) is 51.6 Å². The normalized spacial score (nSPS) is 34.0. The molecule has 0 heterocycles. The van der Waals surface area contributed by atoms with Crippen molar-refractivity contribution in [1.82, 2.24) is 4.90 Å². The van der Waals surface area contributed by atoms with Crippen LogP contribution in [0.15, 0.2) is 12.7 Å². The summed E-state index contributed by atoms with van der Waals surface area (Å²) in [6.45, 7) is 6.20. The molecule has 1 aliphatic rings. The van der Waals surface area contributed by atoms with Crippen molar-refractivity contribution in [2.75, 3.05) is 14.1 Å². The predicted molar refractivity (Wildman–Crippen MR) is 58.8 cm³/mol. The van der Waals surface area contributed by atoms with E-state index in [1.165, 1.54) is 25.7 Å². The minimum atomic E-state index is 0.815. The number of allylic oxidation sites excluding steroid dienone is 1. The van der Waals surface area contributed by atoms with Gasteiger partial charge in [0.1, 0.15) is 0 Å².